The molecule has 0 aliphatic carbocycles. The van der Waals surface area contributed by atoms with Crippen molar-refractivity contribution in [2.75, 3.05) is 24.6 Å². The molecule has 3 rings (SSSR count). The lowest BCUT2D eigenvalue weighted by Gasteiger charge is -2.40. The monoisotopic (exact) mass is 302 g/mol. The summed E-state index contributed by atoms with van der Waals surface area (Å²) in [5.74, 6) is 0. The van der Waals surface area contributed by atoms with Gasteiger partial charge in [-0.2, -0.15) is 5.10 Å². The van der Waals surface area contributed by atoms with Gasteiger partial charge >= 0.3 is 0 Å². The van der Waals surface area contributed by atoms with Crippen molar-refractivity contribution in [1.82, 2.24) is 9.78 Å². The molecule has 0 N–H and O–H groups in total. The summed E-state index contributed by atoms with van der Waals surface area (Å²) < 4.78 is 7.68. The number of aryl methyl sites for hydroxylation is 1. The van der Waals surface area contributed by atoms with Crippen LogP contribution in [-0.4, -0.2) is 34.4 Å². The molecule has 1 aliphatic heterocycles. The van der Waals surface area contributed by atoms with E-state index < -0.39 is 5.60 Å². The summed E-state index contributed by atoms with van der Waals surface area (Å²) in [6, 6.07) is 6.82. The van der Waals surface area contributed by atoms with E-state index >= 15 is 0 Å². The number of hydrogen-bond acceptors (Lipinski definition) is 5. The van der Waals surface area contributed by atoms with Gasteiger partial charge in [-0.25, -0.2) is 0 Å². The van der Waals surface area contributed by atoms with E-state index in [-0.39, 0.29) is 10.6 Å². The average Bonchev–Trinajstić information content (AvgIpc) is 2.95. The standard InChI is InChI=1S/C15H18N4O3/c1-15(12-9-16-17(2)10-12)11-18(7-8-22-15)13-5-3-4-6-14(13)19(20)21/h3-6,9-10H,7-8,11H2,1-2H3. The zero-order valence-electron chi connectivity index (χ0n) is 12.6. The summed E-state index contributed by atoms with van der Waals surface area (Å²) in [4.78, 5) is 12.9. The zero-order valence-corrected chi connectivity index (χ0v) is 12.6. The number of para-hydroxylation sites is 2. The minimum atomic E-state index is -0.532. The van der Waals surface area contributed by atoms with Crippen molar-refractivity contribution in [2.24, 2.45) is 7.05 Å². The van der Waals surface area contributed by atoms with Crippen molar-refractivity contribution in [3.05, 3.63) is 52.3 Å². The summed E-state index contributed by atoms with van der Waals surface area (Å²) in [6.07, 6.45) is 3.70. The molecule has 116 valence electrons. The number of nitrogens with zero attached hydrogens (tertiary/aromatic N) is 4. The SMILES string of the molecule is Cn1cc(C2(C)CN(c3ccccc3[N+](=O)[O-])CCO2)cn1. The third-order valence-corrected chi connectivity index (χ3v) is 4.01. The van der Waals surface area contributed by atoms with Crippen LogP contribution in [0.2, 0.25) is 0 Å². The number of rotatable bonds is 3. The van der Waals surface area contributed by atoms with Crippen molar-refractivity contribution in [3.8, 4) is 0 Å². The second-order valence-corrected chi connectivity index (χ2v) is 5.65. The summed E-state index contributed by atoms with van der Waals surface area (Å²) in [5, 5.41) is 15.4. The van der Waals surface area contributed by atoms with E-state index in [2.05, 4.69) is 5.10 Å². The van der Waals surface area contributed by atoms with E-state index in [0.29, 0.717) is 25.4 Å². The molecule has 22 heavy (non-hydrogen) atoms. The van der Waals surface area contributed by atoms with Crippen LogP contribution in [-0.2, 0) is 17.4 Å². The Bertz CT molecular complexity index is 700. The maximum absolute atomic E-state index is 11.2. The van der Waals surface area contributed by atoms with Crippen LogP contribution in [0.1, 0.15) is 12.5 Å². The predicted octanol–water partition coefficient (Wildman–Crippen LogP) is 2.08. The maximum Gasteiger partial charge on any atom is 0.292 e. The summed E-state index contributed by atoms with van der Waals surface area (Å²) in [6.45, 7) is 3.67. The smallest absolute Gasteiger partial charge is 0.292 e. The number of anilines is 1. The molecular formula is C15H18N4O3. The van der Waals surface area contributed by atoms with Gasteiger partial charge in [-0.3, -0.25) is 14.8 Å². The van der Waals surface area contributed by atoms with Gasteiger partial charge in [0.2, 0.25) is 0 Å². The molecule has 7 heteroatoms. The Kier molecular flexibility index (Phi) is 3.58. The highest BCUT2D eigenvalue weighted by molar-refractivity contribution is 5.63. The molecular weight excluding hydrogens is 284 g/mol. The van der Waals surface area contributed by atoms with Gasteiger partial charge in [0.1, 0.15) is 11.3 Å². The molecule has 0 spiro atoms. The molecule has 1 aromatic heterocycles. The van der Waals surface area contributed by atoms with Crippen LogP contribution >= 0.6 is 0 Å². The maximum atomic E-state index is 11.2. The Morgan fingerprint density at radius 1 is 1.41 bits per heavy atom. The number of nitro groups is 1. The highest BCUT2D eigenvalue weighted by Crippen LogP contribution is 2.35. The van der Waals surface area contributed by atoms with Crippen LogP contribution in [0, 0.1) is 10.1 Å². The highest BCUT2D eigenvalue weighted by Gasteiger charge is 2.36. The Hall–Kier alpha value is -2.41. The summed E-state index contributed by atoms with van der Waals surface area (Å²) in [7, 11) is 1.86. The Morgan fingerprint density at radius 2 is 2.18 bits per heavy atom. The number of aromatic nitrogens is 2. The lowest BCUT2D eigenvalue weighted by atomic mass is 9.96. The first-order valence-electron chi connectivity index (χ1n) is 7.11. The van der Waals surface area contributed by atoms with E-state index in [4.69, 9.17) is 4.74 Å². The molecule has 1 fully saturated rings. The Balaban J connectivity index is 1.92. The van der Waals surface area contributed by atoms with Crippen molar-refractivity contribution in [2.45, 2.75) is 12.5 Å². The van der Waals surface area contributed by atoms with Crippen molar-refractivity contribution in [1.29, 1.82) is 0 Å². The topological polar surface area (TPSA) is 73.4 Å². The molecule has 0 amide bonds. The fourth-order valence-corrected chi connectivity index (χ4v) is 2.83. The lowest BCUT2D eigenvalue weighted by Crippen LogP contribution is -2.48. The van der Waals surface area contributed by atoms with E-state index in [1.807, 2.05) is 31.1 Å². The molecule has 0 radical (unpaired) electrons. The lowest BCUT2D eigenvalue weighted by molar-refractivity contribution is -0.384. The van der Waals surface area contributed by atoms with E-state index in [0.717, 1.165) is 5.56 Å². The fraction of sp³-hybridized carbons (Fsp3) is 0.400. The van der Waals surface area contributed by atoms with E-state index in [9.17, 15) is 10.1 Å². The van der Waals surface area contributed by atoms with Crippen LogP contribution in [0.5, 0.6) is 0 Å². The molecule has 1 aromatic carbocycles. The second-order valence-electron chi connectivity index (χ2n) is 5.65. The number of morpholine rings is 1. The molecule has 0 saturated carbocycles. The zero-order chi connectivity index (χ0) is 15.7. The average molecular weight is 302 g/mol. The molecule has 2 aromatic rings. The van der Waals surface area contributed by atoms with Crippen molar-refractivity contribution >= 4 is 11.4 Å². The quantitative estimate of drug-likeness (QED) is 0.641. The molecule has 1 saturated heterocycles. The largest absolute Gasteiger partial charge is 0.367 e. The first kappa shape index (κ1) is 14.5. The van der Waals surface area contributed by atoms with Gasteiger partial charge in [-0.1, -0.05) is 12.1 Å². The molecule has 1 atom stereocenters. The minimum Gasteiger partial charge on any atom is -0.367 e. The first-order chi connectivity index (χ1) is 10.5. The van der Waals surface area contributed by atoms with Crippen LogP contribution < -0.4 is 4.90 Å². The van der Waals surface area contributed by atoms with Crippen molar-refractivity contribution in [3.63, 3.8) is 0 Å². The predicted molar refractivity (Wildman–Crippen MR) is 81.8 cm³/mol. The van der Waals surface area contributed by atoms with Crippen molar-refractivity contribution < 1.29 is 9.66 Å². The normalized spacial score (nSPS) is 21.8. The molecule has 1 aliphatic rings. The first-order valence-corrected chi connectivity index (χ1v) is 7.11. The molecule has 0 bridgehead atoms. The summed E-state index contributed by atoms with van der Waals surface area (Å²) >= 11 is 0. The number of hydrogen-bond donors (Lipinski definition) is 0. The molecule has 7 nitrogen and oxygen atoms in total. The summed E-state index contributed by atoms with van der Waals surface area (Å²) in [5.41, 5.74) is 1.19. The van der Waals surface area contributed by atoms with Gasteiger partial charge in [0, 0.05) is 31.4 Å². The van der Waals surface area contributed by atoms with E-state index in [1.54, 1.807) is 23.0 Å². The van der Waals surface area contributed by atoms with Gasteiger partial charge in [-0.05, 0) is 13.0 Å². The van der Waals surface area contributed by atoms with Gasteiger partial charge in [0.05, 0.1) is 24.3 Å². The van der Waals surface area contributed by atoms with Gasteiger partial charge < -0.3 is 9.64 Å². The van der Waals surface area contributed by atoms with Gasteiger partial charge in [-0.15, -0.1) is 0 Å². The number of benzene rings is 1. The third kappa shape index (κ3) is 2.55. The van der Waals surface area contributed by atoms with Crippen LogP contribution in [0.3, 0.4) is 0 Å². The molecule has 2 heterocycles. The number of ether oxygens (including phenoxy) is 1. The molecule has 1 unspecified atom stereocenters. The van der Waals surface area contributed by atoms with E-state index in [1.165, 1.54) is 6.07 Å². The Labute approximate surface area is 128 Å². The van der Waals surface area contributed by atoms with Gasteiger partial charge in [0.25, 0.3) is 5.69 Å². The third-order valence-electron chi connectivity index (χ3n) is 4.01. The highest BCUT2D eigenvalue weighted by atomic mass is 16.6. The van der Waals surface area contributed by atoms with Crippen LogP contribution in [0.4, 0.5) is 11.4 Å². The number of nitro benzene ring substituents is 1. The van der Waals surface area contributed by atoms with Crippen LogP contribution in [0.15, 0.2) is 36.7 Å². The Morgan fingerprint density at radius 3 is 2.86 bits per heavy atom. The van der Waals surface area contributed by atoms with Gasteiger partial charge in [0.15, 0.2) is 0 Å². The van der Waals surface area contributed by atoms with Crippen LogP contribution in [0.25, 0.3) is 0 Å². The minimum absolute atomic E-state index is 0.123. The fourth-order valence-electron chi connectivity index (χ4n) is 2.83. The second kappa shape index (κ2) is 5.42.